The largest absolute Gasteiger partial charge is 0.396 e. The molecule has 0 radical (unpaired) electrons. The van der Waals surface area contributed by atoms with Crippen LogP contribution in [-0.2, 0) is 4.79 Å². The van der Waals surface area contributed by atoms with E-state index in [0.717, 1.165) is 38.3 Å². The molecule has 0 aromatic carbocycles. The van der Waals surface area contributed by atoms with E-state index in [1.165, 1.54) is 25.7 Å². The molecule has 2 rings (SSSR count). The minimum absolute atomic E-state index is 0.0315. The Bertz CT molecular complexity index is 364. The van der Waals surface area contributed by atoms with Gasteiger partial charge < -0.3 is 15.3 Å². The number of hydrogen-bond acceptors (Lipinski definition) is 3. The first-order chi connectivity index (χ1) is 11.0. The third-order valence-electron chi connectivity index (χ3n) is 5.56. The third kappa shape index (κ3) is 5.75. The van der Waals surface area contributed by atoms with Crippen molar-refractivity contribution in [2.45, 2.75) is 77.8 Å². The van der Waals surface area contributed by atoms with E-state index in [9.17, 15) is 9.90 Å². The van der Waals surface area contributed by atoms with Gasteiger partial charge in [-0.3, -0.25) is 4.79 Å². The Morgan fingerprint density at radius 3 is 2.48 bits per heavy atom. The molecule has 23 heavy (non-hydrogen) atoms. The van der Waals surface area contributed by atoms with Crippen LogP contribution in [0, 0.1) is 17.8 Å². The van der Waals surface area contributed by atoms with Crippen LogP contribution in [0.4, 0.5) is 0 Å². The number of hydrogen-bond donors (Lipinski definition) is 2. The number of aliphatic hydroxyl groups is 1. The molecule has 0 aromatic heterocycles. The second kappa shape index (κ2) is 9.03. The van der Waals surface area contributed by atoms with Gasteiger partial charge in [0.15, 0.2) is 0 Å². The van der Waals surface area contributed by atoms with Gasteiger partial charge in [-0.25, -0.2) is 0 Å². The number of amides is 1. The molecule has 0 spiro atoms. The number of carbonyl (C=O) groups is 1. The van der Waals surface area contributed by atoms with E-state index in [0.29, 0.717) is 17.9 Å². The number of aliphatic hydroxyl groups excluding tert-OH is 1. The summed E-state index contributed by atoms with van der Waals surface area (Å²) in [6, 6.07) is 0.470. The fourth-order valence-corrected chi connectivity index (χ4v) is 4.14. The van der Waals surface area contributed by atoms with Gasteiger partial charge in [0, 0.05) is 25.7 Å². The van der Waals surface area contributed by atoms with Crippen molar-refractivity contribution >= 4 is 5.91 Å². The van der Waals surface area contributed by atoms with Crippen LogP contribution in [0.2, 0.25) is 0 Å². The first-order valence-electron chi connectivity index (χ1n) is 9.65. The van der Waals surface area contributed by atoms with Gasteiger partial charge in [0.05, 0.1) is 6.04 Å². The van der Waals surface area contributed by atoms with Gasteiger partial charge in [0.25, 0.3) is 0 Å². The molecule has 1 aliphatic carbocycles. The maximum Gasteiger partial charge on any atom is 0.239 e. The lowest BCUT2D eigenvalue weighted by Crippen LogP contribution is -2.53. The predicted octanol–water partition coefficient (Wildman–Crippen LogP) is 2.80. The molecule has 1 heterocycles. The van der Waals surface area contributed by atoms with E-state index in [4.69, 9.17) is 0 Å². The first kappa shape index (κ1) is 18.7. The molecule has 1 saturated heterocycles. The van der Waals surface area contributed by atoms with Gasteiger partial charge in [-0.05, 0) is 49.9 Å². The van der Waals surface area contributed by atoms with Crippen molar-refractivity contribution in [3.05, 3.63) is 0 Å². The van der Waals surface area contributed by atoms with Gasteiger partial charge in [0.1, 0.15) is 0 Å². The predicted molar refractivity (Wildman–Crippen MR) is 94.2 cm³/mol. The van der Waals surface area contributed by atoms with Crippen LogP contribution in [0.25, 0.3) is 0 Å². The van der Waals surface area contributed by atoms with Crippen LogP contribution in [-0.4, -0.2) is 47.7 Å². The van der Waals surface area contributed by atoms with E-state index in [1.54, 1.807) is 0 Å². The maximum absolute atomic E-state index is 13.0. The first-order valence-corrected chi connectivity index (χ1v) is 9.65. The van der Waals surface area contributed by atoms with Crippen LogP contribution in [0.15, 0.2) is 0 Å². The lowest BCUT2D eigenvalue weighted by atomic mass is 9.86. The van der Waals surface area contributed by atoms with Crippen molar-refractivity contribution in [2.24, 2.45) is 17.8 Å². The van der Waals surface area contributed by atoms with Crippen LogP contribution < -0.4 is 5.32 Å². The molecule has 1 amide bonds. The van der Waals surface area contributed by atoms with Crippen LogP contribution in [0.1, 0.15) is 65.7 Å². The summed E-state index contributed by atoms with van der Waals surface area (Å²) >= 11 is 0. The number of rotatable bonds is 6. The van der Waals surface area contributed by atoms with Crippen molar-refractivity contribution in [3.63, 3.8) is 0 Å². The van der Waals surface area contributed by atoms with E-state index in [2.05, 4.69) is 26.1 Å². The average Bonchev–Trinajstić information content (AvgIpc) is 2.53. The normalized spacial score (nSPS) is 28.1. The van der Waals surface area contributed by atoms with Crippen LogP contribution in [0.3, 0.4) is 0 Å². The molecule has 4 heteroatoms. The van der Waals surface area contributed by atoms with Gasteiger partial charge in [-0.2, -0.15) is 0 Å². The van der Waals surface area contributed by atoms with E-state index in [1.807, 2.05) is 4.90 Å². The number of piperidine rings is 1. The minimum atomic E-state index is -0.0315. The Morgan fingerprint density at radius 1 is 1.22 bits per heavy atom. The zero-order valence-corrected chi connectivity index (χ0v) is 15.3. The highest BCUT2D eigenvalue weighted by molar-refractivity contribution is 5.82. The van der Waals surface area contributed by atoms with E-state index in [-0.39, 0.29) is 18.6 Å². The molecule has 3 unspecified atom stereocenters. The second-order valence-electron chi connectivity index (χ2n) is 8.27. The quantitative estimate of drug-likeness (QED) is 0.790. The molecule has 1 aliphatic heterocycles. The van der Waals surface area contributed by atoms with Crippen LogP contribution in [0.5, 0.6) is 0 Å². The molecule has 2 aliphatic rings. The van der Waals surface area contributed by atoms with Gasteiger partial charge in [0.2, 0.25) is 5.91 Å². The summed E-state index contributed by atoms with van der Waals surface area (Å²) in [6.45, 7) is 8.60. The summed E-state index contributed by atoms with van der Waals surface area (Å²) < 4.78 is 0. The highest BCUT2D eigenvalue weighted by Gasteiger charge is 2.31. The Morgan fingerprint density at radius 2 is 1.91 bits per heavy atom. The molecule has 1 saturated carbocycles. The number of nitrogens with one attached hydrogen (secondary N) is 1. The number of nitrogens with zero attached hydrogens (tertiary/aromatic N) is 1. The number of carbonyl (C=O) groups excluding carboxylic acids is 1. The van der Waals surface area contributed by atoms with Gasteiger partial charge in [-0.1, -0.05) is 33.6 Å². The highest BCUT2D eigenvalue weighted by Crippen LogP contribution is 2.25. The molecular formula is C19H36N2O2. The second-order valence-corrected chi connectivity index (χ2v) is 8.27. The Hall–Kier alpha value is -0.610. The lowest BCUT2D eigenvalue weighted by Gasteiger charge is -2.37. The summed E-state index contributed by atoms with van der Waals surface area (Å²) in [5, 5.41) is 13.0. The molecular weight excluding hydrogens is 288 g/mol. The van der Waals surface area contributed by atoms with Crippen molar-refractivity contribution in [1.82, 2.24) is 10.2 Å². The number of likely N-dealkylation sites (tertiary alicyclic amines) is 1. The molecule has 134 valence electrons. The zero-order chi connectivity index (χ0) is 16.8. The standard InChI is InChI=1S/C19H36N2O2/c1-14(2)11-18(20-17-6-4-5-15(3)12-17)19(23)21-9-7-16(13-22)8-10-21/h14-18,20,22H,4-13H2,1-3H3. The summed E-state index contributed by atoms with van der Waals surface area (Å²) in [5.74, 6) is 1.96. The molecule has 2 fully saturated rings. The lowest BCUT2D eigenvalue weighted by molar-refractivity contribution is -0.135. The van der Waals surface area contributed by atoms with Gasteiger partial charge >= 0.3 is 0 Å². The van der Waals surface area contributed by atoms with Gasteiger partial charge in [-0.15, -0.1) is 0 Å². The average molecular weight is 325 g/mol. The van der Waals surface area contributed by atoms with Crippen LogP contribution >= 0.6 is 0 Å². The molecule has 2 N–H and O–H groups in total. The van der Waals surface area contributed by atoms with Crippen molar-refractivity contribution in [1.29, 1.82) is 0 Å². The maximum atomic E-state index is 13.0. The minimum Gasteiger partial charge on any atom is -0.396 e. The molecule has 0 aromatic rings. The van der Waals surface area contributed by atoms with Crippen molar-refractivity contribution in [3.8, 4) is 0 Å². The highest BCUT2D eigenvalue weighted by atomic mass is 16.3. The summed E-state index contributed by atoms with van der Waals surface area (Å²) in [4.78, 5) is 15.0. The Balaban J connectivity index is 1.92. The Kier molecular flexibility index (Phi) is 7.35. The summed E-state index contributed by atoms with van der Waals surface area (Å²) in [5.41, 5.74) is 0. The van der Waals surface area contributed by atoms with Crippen molar-refractivity contribution in [2.75, 3.05) is 19.7 Å². The fraction of sp³-hybridized carbons (Fsp3) is 0.947. The third-order valence-corrected chi connectivity index (χ3v) is 5.56. The Labute approximate surface area is 142 Å². The monoisotopic (exact) mass is 324 g/mol. The smallest absolute Gasteiger partial charge is 0.239 e. The SMILES string of the molecule is CC(C)CC(NC1CCCC(C)C1)C(=O)N1CCC(CO)CC1. The summed E-state index contributed by atoms with van der Waals surface area (Å²) in [6.07, 6.45) is 7.82. The van der Waals surface area contributed by atoms with Crippen molar-refractivity contribution < 1.29 is 9.90 Å². The van der Waals surface area contributed by atoms with E-state index < -0.39 is 0 Å². The fourth-order valence-electron chi connectivity index (χ4n) is 4.14. The molecule has 4 nitrogen and oxygen atoms in total. The molecule has 0 bridgehead atoms. The molecule has 3 atom stereocenters. The zero-order valence-electron chi connectivity index (χ0n) is 15.3. The van der Waals surface area contributed by atoms with E-state index >= 15 is 0 Å². The topological polar surface area (TPSA) is 52.6 Å². The summed E-state index contributed by atoms with van der Waals surface area (Å²) in [7, 11) is 0.